The van der Waals surface area contributed by atoms with Crippen LogP contribution >= 0.6 is 0 Å². The summed E-state index contributed by atoms with van der Waals surface area (Å²) in [5, 5.41) is 0. The van der Waals surface area contributed by atoms with Gasteiger partial charge < -0.3 is 14.5 Å². The standard InChI is InChI=1S/C12H11F3N2O2/c13-9-1-2-10(19-12(14)15)8(5-9)6-18-7-11-16-3-4-17-11/h1-5,12H,6-7H2,(H,16,17). The van der Waals surface area contributed by atoms with Crippen molar-refractivity contribution in [2.75, 3.05) is 0 Å². The Morgan fingerprint density at radius 2 is 2.11 bits per heavy atom. The predicted molar refractivity (Wildman–Crippen MR) is 60.1 cm³/mol. The number of nitrogens with one attached hydrogen (secondary N) is 1. The summed E-state index contributed by atoms with van der Waals surface area (Å²) in [5.74, 6) is -0.0539. The smallest absolute Gasteiger partial charge is 0.387 e. The maximum Gasteiger partial charge on any atom is 0.387 e. The lowest BCUT2D eigenvalue weighted by molar-refractivity contribution is -0.0515. The van der Waals surface area contributed by atoms with Crippen LogP contribution in [0.1, 0.15) is 11.4 Å². The van der Waals surface area contributed by atoms with Crippen molar-refractivity contribution in [3.63, 3.8) is 0 Å². The van der Waals surface area contributed by atoms with Crippen molar-refractivity contribution in [1.29, 1.82) is 0 Å². The van der Waals surface area contributed by atoms with E-state index in [1.807, 2.05) is 0 Å². The molecular formula is C12H11F3N2O2. The second-order valence-corrected chi connectivity index (χ2v) is 3.66. The summed E-state index contributed by atoms with van der Waals surface area (Å²) in [6.07, 6.45) is 3.19. The van der Waals surface area contributed by atoms with Gasteiger partial charge in [0, 0.05) is 18.0 Å². The zero-order valence-electron chi connectivity index (χ0n) is 9.78. The minimum atomic E-state index is -2.96. The highest BCUT2D eigenvalue weighted by atomic mass is 19.3. The lowest BCUT2D eigenvalue weighted by Crippen LogP contribution is -2.06. The fourth-order valence-corrected chi connectivity index (χ4v) is 1.51. The molecule has 1 N–H and O–H groups in total. The number of halogens is 3. The SMILES string of the molecule is Fc1ccc(OC(F)F)c(COCc2ncc[nH]2)c1. The van der Waals surface area contributed by atoms with Crippen molar-refractivity contribution >= 4 is 0 Å². The van der Waals surface area contributed by atoms with Gasteiger partial charge in [-0.2, -0.15) is 8.78 Å². The molecule has 0 aliphatic heterocycles. The van der Waals surface area contributed by atoms with Gasteiger partial charge in [0.05, 0.1) is 6.61 Å². The molecule has 0 atom stereocenters. The molecule has 0 aliphatic rings. The van der Waals surface area contributed by atoms with Crippen LogP contribution in [-0.4, -0.2) is 16.6 Å². The zero-order valence-corrected chi connectivity index (χ0v) is 9.78. The zero-order chi connectivity index (χ0) is 13.7. The fourth-order valence-electron chi connectivity index (χ4n) is 1.51. The molecule has 1 aromatic heterocycles. The molecule has 0 radical (unpaired) electrons. The van der Waals surface area contributed by atoms with Crippen LogP contribution in [0.25, 0.3) is 0 Å². The topological polar surface area (TPSA) is 47.1 Å². The summed E-state index contributed by atoms with van der Waals surface area (Å²) in [6, 6.07) is 3.29. The van der Waals surface area contributed by atoms with E-state index < -0.39 is 12.4 Å². The summed E-state index contributed by atoms with van der Waals surface area (Å²) < 4.78 is 47.0. The minimum Gasteiger partial charge on any atom is -0.434 e. The van der Waals surface area contributed by atoms with Crippen LogP contribution in [-0.2, 0) is 18.0 Å². The van der Waals surface area contributed by atoms with E-state index in [0.29, 0.717) is 5.82 Å². The number of benzene rings is 1. The van der Waals surface area contributed by atoms with Crippen molar-refractivity contribution in [3.8, 4) is 5.75 Å². The Labute approximate surface area is 107 Å². The average molecular weight is 272 g/mol. The Morgan fingerprint density at radius 1 is 1.26 bits per heavy atom. The van der Waals surface area contributed by atoms with Crippen molar-refractivity contribution in [2.24, 2.45) is 0 Å². The molecule has 7 heteroatoms. The summed E-state index contributed by atoms with van der Waals surface area (Å²) in [4.78, 5) is 6.75. The Hall–Kier alpha value is -2.02. The second kappa shape index (κ2) is 6.24. The maximum absolute atomic E-state index is 13.1. The van der Waals surface area contributed by atoms with Gasteiger partial charge in [-0.25, -0.2) is 9.37 Å². The number of ether oxygens (including phenoxy) is 2. The van der Waals surface area contributed by atoms with Gasteiger partial charge in [-0.3, -0.25) is 0 Å². The number of H-pyrrole nitrogens is 1. The molecule has 0 saturated carbocycles. The Morgan fingerprint density at radius 3 is 2.79 bits per heavy atom. The first kappa shape index (κ1) is 13.4. The number of aromatic nitrogens is 2. The van der Waals surface area contributed by atoms with Crippen molar-refractivity contribution in [3.05, 3.63) is 47.8 Å². The predicted octanol–water partition coefficient (Wildman–Crippen LogP) is 2.87. The first-order chi connectivity index (χ1) is 9.15. The maximum atomic E-state index is 13.1. The highest BCUT2D eigenvalue weighted by molar-refractivity contribution is 5.33. The van der Waals surface area contributed by atoms with Crippen LogP contribution < -0.4 is 4.74 Å². The van der Waals surface area contributed by atoms with E-state index in [9.17, 15) is 13.2 Å². The van der Waals surface area contributed by atoms with Gasteiger partial charge in [0.1, 0.15) is 24.0 Å². The highest BCUT2D eigenvalue weighted by Crippen LogP contribution is 2.22. The number of nitrogens with zero attached hydrogens (tertiary/aromatic N) is 1. The van der Waals surface area contributed by atoms with Crippen molar-refractivity contribution < 1.29 is 22.6 Å². The first-order valence-electron chi connectivity index (χ1n) is 5.44. The molecular weight excluding hydrogens is 261 g/mol. The molecule has 0 spiro atoms. The average Bonchev–Trinajstić information content (AvgIpc) is 2.85. The monoisotopic (exact) mass is 272 g/mol. The number of alkyl halides is 2. The normalized spacial score (nSPS) is 10.9. The molecule has 0 aliphatic carbocycles. The molecule has 19 heavy (non-hydrogen) atoms. The Bertz CT molecular complexity index is 518. The Balaban J connectivity index is 1.99. The van der Waals surface area contributed by atoms with Gasteiger partial charge in [0.25, 0.3) is 0 Å². The van der Waals surface area contributed by atoms with Gasteiger partial charge >= 0.3 is 6.61 Å². The number of hydrogen-bond acceptors (Lipinski definition) is 3. The summed E-state index contributed by atoms with van der Waals surface area (Å²) in [7, 11) is 0. The van der Waals surface area contributed by atoms with E-state index in [4.69, 9.17) is 4.74 Å². The van der Waals surface area contributed by atoms with Crippen LogP contribution in [0.2, 0.25) is 0 Å². The van der Waals surface area contributed by atoms with E-state index in [1.54, 1.807) is 12.4 Å². The van der Waals surface area contributed by atoms with E-state index in [1.165, 1.54) is 0 Å². The van der Waals surface area contributed by atoms with Crippen LogP contribution in [0, 0.1) is 5.82 Å². The van der Waals surface area contributed by atoms with Gasteiger partial charge in [0.2, 0.25) is 0 Å². The van der Waals surface area contributed by atoms with Crippen LogP contribution in [0.3, 0.4) is 0 Å². The summed E-state index contributed by atoms with van der Waals surface area (Å²) in [6.45, 7) is -2.85. The van der Waals surface area contributed by atoms with Crippen LogP contribution in [0.15, 0.2) is 30.6 Å². The molecule has 1 heterocycles. The van der Waals surface area contributed by atoms with Crippen LogP contribution in [0.5, 0.6) is 5.75 Å². The lowest BCUT2D eigenvalue weighted by Gasteiger charge is -2.10. The quantitative estimate of drug-likeness (QED) is 0.879. The van der Waals surface area contributed by atoms with E-state index in [0.717, 1.165) is 18.2 Å². The molecule has 4 nitrogen and oxygen atoms in total. The lowest BCUT2D eigenvalue weighted by atomic mass is 10.2. The second-order valence-electron chi connectivity index (χ2n) is 3.66. The summed E-state index contributed by atoms with van der Waals surface area (Å²) >= 11 is 0. The van der Waals surface area contributed by atoms with Crippen LogP contribution in [0.4, 0.5) is 13.2 Å². The van der Waals surface area contributed by atoms with Gasteiger partial charge in [-0.1, -0.05) is 0 Å². The first-order valence-corrected chi connectivity index (χ1v) is 5.44. The number of aromatic amines is 1. The third-order valence-electron chi connectivity index (χ3n) is 2.29. The molecule has 102 valence electrons. The van der Waals surface area contributed by atoms with Crippen molar-refractivity contribution in [1.82, 2.24) is 9.97 Å². The van der Waals surface area contributed by atoms with Gasteiger partial charge in [0.15, 0.2) is 0 Å². The van der Waals surface area contributed by atoms with E-state index in [-0.39, 0.29) is 24.5 Å². The third kappa shape index (κ3) is 3.99. The molecule has 0 unspecified atom stereocenters. The third-order valence-corrected chi connectivity index (χ3v) is 2.29. The van der Waals surface area contributed by atoms with Crippen molar-refractivity contribution in [2.45, 2.75) is 19.8 Å². The van der Waals surface area contributed by atoms with Gasteiger partial charge in [-0.05, 0) is 18.2 Å². The molecule has 2 aromatic rings. The molecule has 0 bridgehead atoms. The summed E-state index contributed by atoms with van der Waals surface area (Å²) in [5.41, 5.74) is 0.215. The van der Waals surface area contributed by atoms with Gasteiger partial charge in [-0.15, -0.1) is 0 Å². The molecule has 0 fully saturated rings. The fraction of sp³-hybridized carbons (Fsp3) is 0.250. The Kier molecular flexibility index (Phi) is 4.40. The number of rotatable bonds is 6. The number of hydrogen-bond donors (Lipinski definition) is 1. The van der Waals surface area contributed by atoms with E-state index in [2.05, 4.69) is 14.7 Å². The molecule has 0 saturated heterocycles. The molecule has 1 aromatic carbocycles. The van der Waals surface area contributed by atoms with E-state index >= 15 is 0 Å². The number of imidazole rings is 1. The highest BCUT2D eigenvalue weighted by Gasteiger charge is 2.11. The molecule has 2 rings (SSSR count). The largest absolute Gasteiger partial charge is 0.434 e. The minimum absolute atomic E-state index is 0.0550. The molecule has 0 amide bonds.